The maximum atomic E-state index is 12.4. The SMILES string of the molecule is CC(C)(C)c1ccc2c(=O)n(CC(F)(F)F)cnc2c1. The van der Waals surface area contributed by atoms with Crippen molar-refractivity contribution in [1.29, 1.82) is 0 Å². The van der Waals surface area contributed by atoms with Gasteiger partial charge in [0.05, 0.1) is 17.2 Å². The molecule has 0 aliphatic carbocycles. The molecular formula is C14H15F3N2O. The Morgan fingerprint density at radius 1 is 1.20 bits per heavy atom. The third-order valence-electron chi connectivity index (χ3n) is 3.04. The quantitative estimate of drug-likeness (QED) is 0.805. The van der Waals surface area contributed by atoms with Gasteiger partial charge in [0, 0.05) is 0 Å². The summed E-state index contributed by atoms with van der Waals surface area (Å²) < 4.78 is 37.6. The Hall–Kier alpha value is -1.85. The zero-order valence-corrected chi connectivity index (χ0v) is 11.5. The van der Waals surface area contributed by atoms with Crippen molar-refractivity contribution < 1.29 is 13.2 Å². The first-order valence-corrected chi connectivity index (χ1v) is 6.14. The summed E-state index contributed by atoms with van der Waals surface area (Å²) in [7, 11) is 0. The van der Waals surface area contributed by atoms with E-state index < -0.39 is 18.3 Å². The van der Waals surface area contributed by atoms with E-state index in [1.807, 2.05) is 20.8 Å². The van der Waals surface area contributed by atoms with Crippen molar-refractivity contribution in [3.05, 3.63) is 40.4 Å². The standard InChI is InChI=1S/C14H15F3N2O/c1-13(2,3)9-4-5-10-11(6-9)18-8-19(12(10)20)7-14(15,16)17/h4-6,8H,7H2,1-3H3. The predicted octanol–water partition coefficient (Wildman–Crippen LogP) is 3.26. The van der Waals surface area contributed by atoms with E-state index in [1.165, 1.54) is 6.07 Å². The molecule has 0 amide bonds. The molecule has 0 N–H and O–H groups in total. The highest BCUT2D eigenvalue weighted by molar-refractivity contribution is 5.78. The molecule has 0 spiro atoms. The Morgan fingerprint density at radius 3 is 2.40 bits per heavy atom. The van der Waals surface area contributed by atoms with E-state index >= 15 is 0 Å². The lowest BCUT2D eigenvalue weighted by atomic mass is 9.86. The van der Waals surface area contributed by atoms with Crippen LogP contribution < -0.4 is 5.56 Å². The number of hydrogen-bond donors (Lipinski definition) is 0. The van der Waals surface area contributed by atoms with Crippen LogP contribution in [0.5, 0.6) is 0 Å². The summed E-state index contributed by atoms with van der Waals surface area (Å²) in [6.45, 7) is 4.72. The Kier molecular flexibility index (Phi) is 3.36. The molecule has 1 aromatic heterocycles. The summed E-state index contributed by atoms with van der Waals surface area (Å²) >= 11 is 0. The van der Waals surface area contributed by atoms with Gasteiger partial charge in [0.25, 0.3) is 5.56 Å². The molecule has 3 nitrogen and oxygen atoms in total. The number of aromatic nitrogens is 2. The van der Waals surface area contributed by atoms with Crippen LogP contribution in [-0.4, -0.2) is 15.7 Å². The van der Waals surface area contributed by atoms with E-state index in [0.29, 0.717) is 10.1 Å². The van der Waals surface area contributed by atoms with Crippen molar-refractivity contribution in [3.63, 3.8) is 0 Å². The van der Waals surface area contributed by atoms with Crippen LogP contribution in [0.1, 0.15) is 26.3 Å². The molecule has 2 aromatic rings. The van der Waals surface area contributed by atoms with Crippen LogP contribution >= 0.6 is 0 Å². The van der Waals surface area contributed by atoms with Crippen molar-refractivity contribution >= 4 is 10.9 Å². The second kappa shape index (κ2) is 4.61. The zero-order chi connectivity index (χ0) is 15.1. The molecule has 0 fully saturated rings. The number of halogens is 3. The molecule has 0 atom stereocenters. The molecule has 0 radical (unpaired) electrons. The maximum absolute atomic E-state index is 12.4. The number of hydrogen-bond acceptors (Lipinski definition) is 2. The lowest BCUT2D eigenvalue weighted by molar-refractivity contribution is -0.141. The van der Waals surface area contributed by atoms with Crippen LogP contribution in [0.25, 0.3) is 10.9 Å². The highest BCUT2D eigenvalue weighted by atomic mass is 19.4. The molecule has 0 unspecified atom stereocenters. The predicted molar refractivity (Wildman–Crippen MR) is 70.8 cm³/mol. The third-order valence-corrected chi connectivity index (χ3v) is 3.04. The van der Waals surface area contributed by atoms with Gasteiger partial charge in [-0.05, 0) is 23.1 Å². The summed E-state index contributed by atoms with van der Waals surface area (Å²) in [6.07, 6.45) is -3.49. The highest BCUT2D eigenvalue weighted by Crippen LogP contribution is 2.24. The normalized spacial score (nSPS) is 12.9. The molecular weight excluding hydrogens is 269 g/mol. The number of fused-ring (bicyclic) bond motifs is 1. The first-order chi connectivity index (χ1) is 9.08. The van der Waals surface area contributed by atoms with Crippen LogP contribution in [0, 0.1) is 0 Å². The van der Waals surface area contributed by atoms with E-state index in [-0.39, 0.29) is 10.8 Å². The van der Waals surface area contributed by atoms with Gasteiger partial charge in [-0.25, -0.2) is 4.98 Å². The van der Waals surface area contributed by atoms with E-state index in [1.54, 1.807) is 12.1 Å². The molecule has 0 bridgehead atoms. The van der Waals surface area contributed by atoms with Gasteiger partial charge in [-0.1, -0.05) is 26.8 Å². The summed E-state index contributed by atoms with van der Waals surface area (Å²) in [5, 5.41) is 0.199. The molecule has 0 aliphatic heterocycles. The molecule has 2 rings (SSSR count). The summed E-state index contributed by atoms with van der Waals surface area (Å²) in [6, 6.07) is 5.04. The van der Waals surface area contributed by atoms with Crippen LogP contribution in [-0.2, 0) is 12.0 Å². The maximum Gasteiger partial charge on any atom is 0.406 e. The molecule has 6 heteroatoms. The zero-order valence-electron chi connectivity index (χ0n) is 11.5. The second-order valence-corrected chi connectivity index (χ2v) is 5.77. The van der Waals surface area contributed by atoms with E-state index in [0.717, 1.165) is 11.9 Å². The first kappa shape index (κ1) is 14.6. The van der Waals surface area contributed by atoms with Crippen molar-refractivity contribution in [1.82, 2.24) is 9.55 Å². The van der Waals surface area contributed by atoms with Gasteiger partial charge in [0.1, 0.15) is 6.54 Å². The molecule has 0 saturated heterocycles. The summed E-state index contributed by atoms with van der Waals surface area (Å²) in [5.41, 5.74) is 0.607. The van der Waals surface area contributed by atoms with Gasteiger partial charge >= 0.3 is 6.18 Å². The number of rotatable bonds is 1. The lowest BCUT2D eigenvalue weighted by Crippen LogP contribution is -2.28. The van der Waals surface area contributed by atoms with Gasteiger partial charge in [-0.2, -0.15) is 13.2 Å². The Morgan fingerprint density at radius 2 is 1.85 bits per heavy atom. The van der Waals surface area contributed by atoms with E-state index in [9.17, 15) is 18.0 Å². The van der Waals surface area contributed by atoms with E-state index in [4.69, 9.17) is 0 Å². The molecule has 1 heterocycles. The highest BCUT2D eigenvalue weighted by Gasteiger charge is 2.28. The van der Waals surface area contributed by atoms with Gasteiger partial charge < -0.3 is 0 Å². The Balaban J connectivity index is 2.56. The third kappa shape index (κ3) is 3.00. The van der Waals surface area contributed by atoms with Gasteiger partial charge in [0.15, 0.2) is 0 Å². The van der Waals surface area contributed by atoms with Crippen molar-refractivity contribution in [2.75, 3.05) is 0 Å². The minimum Gasteiger partial charge on any atom is -0.290 e. The lowest BCUT2D eigenvalue weighted by Gasteiger charge is -2.19. The summed E-state index contributed by atoms with van der Waals surface area (Å²) in [4.78, 5) is 16.0. The van der Waals surface area contributed by atoms with Crippen LogP contribution in [0.15, 0.2) is 29.3 Å². The largest absolute Gasteiger partial charge is 0.406 e. The second-order valence-electron chi connectivity index (χ2n) is 5.77. The molecule has 108 valence electrons. The monoisotopic (exact) mass is 284 g/mol. The van der Waals surface area contributed by atoms with Crippen LogP contribution in [0.4, 0.5) is 13.2 Å². The van der Waals surface area contributed by atoms with Crippen molar-refractivity contribution in [3.8, 4) is 0 Å². The minimum absolute atomic E-state index is 0.114. The van der Waals surface area contributed by atoms with Crippen LogP contribution in [0.3, 0.4) is 0 Å². The average Bonchev–Trinajstić information content (AvgIpc) is 2.30. The Bertz CT molecular complexity index is 696. The van der Waals surface area contributed by atoms with Gasteiger partial charge in [0.2, 0.25) is 0 Å². The topological polar surface area (TPSA) is 34.9 Å². The number of alkyl halides is 3. The fraction of sp³-hybridized carbons (Fsp3) is 0.429. The van der Waals surface area contributed by atoms with Crippen molar-refractivity contribution in [2.45, 2.75) is 38.9 Å². The van der Waals surface area contributed by atoms with Crippen molar-refractivity contribution in [2.24, 2.45) is 0 Å². The molecule has 1 aromatic carbocycles. The average molecular weight is 284 g/mol. The fourth-order valence-corrected chi connectivity index (χ4v) is 1.93. The number of nitrogens with zero attached hydrogens (tertiary/aromatic N) is 2. The van der Waals surface area contributed by atoms with Crippen LogP contribution in [0.2, 0.25) is 0 Å². The first-order valence-electron chi connectivity index (χ1n) is 6.14. The minimum atomic E-state index is -4.44. The van der Waals surface area contributed by atoms with E-state index in [2.05, 4.69) is 4.98 Å². The molecule has 20 heavy (non-hydrogen) atoms. The smallest absolute Gasteiger partial charge is 0.290 e. The van der Waals surface area contributed by atoms with Gasteiger partial charge in [-0.3, -0.25) is 9.36 Å². The molecule has 0 aliphatic rings. The Labute approximate surface area is 114 Å². The number of benzene rings is 1. The fourth-order valence-electron chi connectivity index (χ4n) is 1.93. The van der Waals surface area contributed by atoms with Gasteiger partial charge in [-0.15, -0.1) is 0 Å². The summed E-state index contributed by atoms with van der Waals surface area (Å²) in [5.74, 6) is 0. The molecule has 0 saturated carbocycles.